The molecule has 4 aliphatic rings. The fourth-order valence-electron chi connectivity index (χ4n) is 7.66. The molecule has 2 saturated carbocycles. The summed E-state index contributed by atoms with van der Waals surface area (Å²) in [5.74, 6) is -1.67. The lowest BCUT2D eigenvalue weighted by Crippen LogP contribution is -2.73. The van der Waals surface area contributed by atoms with Crippen LogP contribution in [-0.2, 0) is 14.3 Å². The summed E-state index contributed by atoms with van der Waals surface area (Å²) in [7, 11) is 0. The van der Waals surface area contributed by atoms with Crippen LogP contribution in [0.4, 0.5) is 5.69 Å². The number of nitrogens with zero attached hydrogens (tertiary/aromatic N) is 2. The van der Waals surface area contributed by atoms with E-state index in [1.54, 1.807) is 31.2 Å². The van der Waals surface area contributed by atoms with Gasteiger partial charge in [-0.05, 0) is 44.4 Å². The van der Waals surface area contributed by atoms with Crippen molar-refractivity contribution in [1.82, 2.24) is 4.90 Å². The van der Waals surface area contributed by atoms with Gasteiger partial charge < -0.3 is 19.8 Å². The highest BCUT2D eigenvalue weighted by Gasteiger charge is 2.68. The standard InChI is InChI=1S/C28H38N2O6/c1-3-29-16-26-11-6-8-20(31)15-28(26,35)27(17-29,13-7-12-26)18-36-25(34)21-9-4-5-10-22(21)30-23(32)14-19(2)24(30)33/h4-5,9-10,19-20,31,35H,3,6-8,11-18H2,1-2H3/t19-,20?,26+,27-,28?/m0/s1. The van der Waals surface area contributed by atoms with Crippen LogP contribution in [0.2, 0.25) is 0 Å². The molecule has 0 radical (unpaired) electrons. The fraction of sp³-hybridized carbons (Fsp3) is 0.679. The Bertz CT molecular complexity index is 1060. The van der Waals surface area contributed by atoms with Gasteiger partial charge in [0.2, 0.25) is 11.8 Å². The highest BCUT2D eigenvalue weighted by atomic mass is 16.5. The summed E-state index contributed by atoms with van der Waals surface area (Å²) in [4.78, 5) is 42.1. The molecule has 5 rings (SSSR count). The molecule has 2 aliphatic heterocycles. The molecule has 4 fully saturated rings. The van der Waals surface area contributed by atoms with Crippen LogP contribution >= 0.6 is 0 Å². The van der Waals surface area contributed by atoms with Crippen molar-refractivity contribution in [2.45, 2.75) is 76.9 Å². The molecule has 5 atom stereocenters. The molecule has 1 aromatic carbocycles. The predicted molar refractivity (Wildman–Crippen MR) is 133 cm³/mol. The third kappa shape index (κ3) is 3.80. The number of benzene rings is 1. The Kier molecular flexibility index (Phi) is 6.50. The second kappa shape index (κ2) is 9.23. The molecular weight excluding hydrogens is 460 g/mol. The number of imide groups is 1. The molecule has 2 bridgehead atoms. The lowest BCUT2D eigenvalue weighted by atomic mass is 9.47. The highest BCUT2D eigenvalue weighted by molar-refractivity contribution is 6.22. The molecule has 2 aliphatic carbocycles. The van der Waals surface area contributed by atoms with Crippen molar-refractivity contribution < 1.29 is 29.3 Å². The number of hydrogen-bond acceptors (Lipinski definition) is 7. The van der Waals surface area contributed by atoms with Crippen LogP contribution in [0.1, 0.15) is 75.6 Å². The number of aliphatic hydroxyl groups excluding tert-OH is 1. The number of piperidine rings is 1. The topological polar surface area (TPSA) is 107 Å². The molecule has 2 heterocycles. The first-order chi connectivity index (χ1) is 17.2. The molecule has 2 unspecified atom stereocenters. The van der Waals surface area contributed by atoms with Gasteiger partial charge in [-0.25, -0.2) is 9.69 Å². The number of carbonyl (C=O) groups excluding carboxylic acids is 3. The van der Waals surface area contributed by atoms with Gasteiger partial charge in [0.15, 0.2) is 0 Å². The Morgan fingerprint density at radius 1 is 1.14 bits per heavy atom. The van der Waals surface area contributed by atoms with Crippen molar-refractivity contribution >= 4 is 23.5 Å². The van der Waals surface area contributed by atoms with Gasteiger partial charge in [-0.2, -0.15) is 0 Å². The molecular formula is C28H38N2O6. The summed E-state index contributed by atoms with van der Waals surface area (Å²) in [5, 5.41) is 23.1. The average molecular weight is 499 g/mol. The summed E-state index contributed by atoms with van der Waals surface area (Å²) in [6, 6.07) is 6.56. The van der Waals surface area contributed by atoms with E-state index in [-0.39, 0.29) is 41.5 Å². The van der Waals surface area contributed by atoms with Crippen LogP contribution in [0, 0.1) is 16.7 Å². The number of para-hydroxylation sites is 1. The lowest BCUT2D eigenvalue weighted by Gasteiger charge is -2.66. The Hall–Kier alpha value is -2.29. The molecule has 2 saturated heterocycles. The van der Waals surface area contributed by atoms with Gasteiger partial charge in [-0.3, -0.25) is 9.59 Å². The first-order valence-electron chi connectivity index (χ1n) is 13.4. The summed E-state index contributed by atoms with van der Waals surface area (Å²) in [6.45, 7) is 6.09. The number of anilines is 1. The Labute approximate surface area is 212 Å². The molecule has 2 amide bonds. The van der Waals surface area contributed by atoms with Gasteiger partial charge in [-0.1, -0.05) is 38.8 Å². The summed E-state index contributed by atoms with van der Waals surface area (Å²) >= 11 is 0. The number of aliphatic hydroxyl groups is 2. The van der Waals surface area contributed by atoms with Crippen LogP contribution in [0.25, 0.3) is 0 Å². The van der Waals surface area contributed by atoms with Crippen molar-refractivity contribution in [3.63, 3.8) is 0 Å². The molecule has 8 nitrogen and oxygen atoms in total. The second-order valence-corrected chi connectivity index (χ2v) is 11.6. The SMILES string of the molecule is CCN1C[C@]23CCCC(O)CC2(O)[C@@](COC(=O)c2ccccc2N2C(=O)C[C@H](C)C2=O)(CCC3)C1. The minimum absolute atomic E-state index is 0.0277. The second-order valence-electron chi connectivity index (χ2n) is 11.6. The highest BCUT2D eigenvalue weighted by Crippen LogP contribution is 2.63. The number of esters is 1. The first-order valence-corrected chi connectivity index (χ1v) is 13.4. The smallest absolute Gasteiger partial charge is 0.340 e. The van der Waals surface area contributed by atoms with Gasteiger partial charge >= 0.3 is 5.97 Å². The molecule has 0 aromatic heterocycles. The molecule has 196 valence electrons. The van der Waals surface area contributed by atoms with Crippen molar-refractivity contribution in [1.29, 1.82) is 0 Å². The number of amides is 2. The van der Waals surface area contributed by atoms with Gasteiger partial charge in [-0.15, -0.1) is 0 Å². The summed E-state index contributed by atoms with van der Waals surface area (Å²) < 4.78 is 5.96. The van der Waals surface area contributed by atoms with Gasteiger partial charge in [0.25, 0.3) is 0 Å². The van der Waals surface area contributed by atoms with Crippen LogP contribution in [0.5, 0.6) is 0 Å². The molecule has 1 aromatic rings. The van der Waals surface area contributed by atoms with Crippen LogP contribution in [0.15, 0.2) is 24.3 Å². The van der Waals surface area contributed by atoms with Crippen molar-refractivity contribution in [2.75, 3.05) is 31.1 Å². The van der Waals surface area contributed by atoms with Gasteiger partial charge in [0.05, 0.1) is 23.0 Å². The predicted octanol–water partition coefficient (Wildman–Crippen LogP) is 2.90. The number of hydrogen-bond donors (Lipinski definition) is 2. The van der Waals surface area contributed by atoms with E-state index >= 15 is 0 Å². The maximum atomic E-state index is 13.4. The van der Waals surface area contributed by atoms with E-state index in [1.165, 1.54) is 0 Å². The zero-order valence-electron chi connectivity index (χ0n) is 21.4. The van der Waals surface area contributed by atoms with Crippen LogP contribution in [-0.4, -0.2) is 70.8 Å². The third-order valence-electron chi connectivity index (χ3n) is 9.51. The van der Waals surface area contributed by atoms with E-state index < -0.39 is 29.0 Å². The normalized spacial score (nSPS) is 36.9. The number of ether oxygens (including phenoxy) is 1. The summed E-state index contributed by atoms with van der Waals surface area (Å²) in [5.41, 5.74) is -1.73. The third-order valence-corrected chi connectivity index (χ3v) is 9.51. The van der Waals surface area contributed by atoms with E-state index in [0.29, 0.717) is 25.8 Å². The zero-order valence-corrected chi connectivity index (χ0v) is 21.4. The Morgan fingerprint density at radius 3 is 2.61 bits per heavy atom. The first kappa shape index (κ1) is 25.4. The van der Waals surface area contributed by atoms with Gasteiger partial charge in [0, 0.05) is 42.7 Å². The monoisotopic (exact) mass is 498 g/mol. The molecule has 2 N–H and O–H groups in total. The fourth-order valence-corrected chi connectivity index (χ4v) is 7.66. The zero-order chi connectivity index (χ0) is 25.7. The largest absolute Gasteiger partial charge is 0.461 e. The molecule has 36 heavy (non-hydrogen) atoms. The quantitative estimate of drug-likeness (QED) is 0.475. The van der Waals surface area contributed by atoms with Crippen molar-refractivity contribution in [3.8, 4) is 0 Å². The number of carbonyl (C=O) groups is 3. The Morgan fingerprint density at radius 2 is 1.89 bits per heavy atom. The van der Waals surface area contributed by atoms with Crippen molar-refractivity contribution in [2.24, 2.45) is 16.7 Å². The van der Waals surface area contributed by atoms with E-state index in [2.05, 4.69) is 11.8 Å². The van der Waals surface area contributed by atoms with E-state index in [0.717, 1.165) is 43.7 Å². The van der Waals surface area contributed by atoms with E-state index in [9.17, 15) is 24.6 Å². The van der Waals surface area contributed by atoms with Gasteiger partial charge in [0.1, 0.15) is 6.61 Å². The molecule has 0 spiro atoms. The summed E-state index contributed by atoms with van der Waals surface area (Å²) in [6.07, 6.45) is 4.81. The van der Waals surface area contributed by atoms with Crippen LogP contribution < -0.4 is 4.90 Å². The van der Waals surface area contributed by atoms with Crippen LogP contribution in [0.3, 0.4) is 0 Å². The lowest BCUT2D eigenvalue weighted by molar-refractivity contribution is -0.263. The Balaban J connectivity index is 1.45. The minimum atomic E-state index is -1.13. The van der Waals surface area contributed by atoms with E-state index in [1.807, 2.05) is 0 Å². The molecule has 8 heteroatoms. The number of rotatable bonds is 5. The van der Waals surface area contributed by atoms with Crippen molar-refractivity contribution in [3.05, 3.63) is 29.8 Å². The maximum Gasteiger partial charge on any atom is 0.340 e. The number of likely N-dealkylation sites (tertiary alicyclic amines) is 1. The average Bonchev–Trinajstić information content (AvgIpc) is 3.00. The minimum Gasteiger partial charge on any atom is -0.461 e. The maximum absolute atomic E-state index is 13.4. The van der Waals surface area contributed by atoms with E-state index in [4.69, 9.17) is 4.74 Å².